The van der Waals surface area contributed by atoms with Crippen molar-refractivity contribution in [3.8, 4) is 5.75 Å². The first-order chi connectivity index (χ1) is 17.4. The van der Waals surface area contributed by atoms with Gasteiger partial charge in [0.05, 0.1) is 23.0 Å². The zero-order valence-electron chi connectivity index (χ0n) is 20.2. The van der Waals surface area contributed by atoms with Crippen LogP contribution in [-0.4, -0.2) is 48.1 Å². The molecule has 0 aromatic heterocycles. The summed E-state index contributed by atoms with van der Waals surface area (Å²) in [6.45, 7) is 4.41. The van der Waals surface area contributed by atoms with Crippen molar-refractivity contribution in [3.63, 3.8) is 0 Å². The van der Waals surface area contributed by atoms with Crippen LogP contribution in [0.5, 0.6) is 5.75 Å². The number of urea groups is 1. The lowest BCUT2D eigenvalue weighted by Gasteiger charge is -2.52. The summed E-state index contributed by atoms with van der Waals surface area (Å²) in [5.74, 6) is 0.753. The molecule has 2 amide bonds. The quantitative estimate of drug-likeness (QED) is 0.423. The zero-order chi connectivity index (χ0) is 24.9. The molecule has 36 heavy (non-hydrogen) atoms. The van der Waals surface area contributed by atoms with Gasteiger partial charge in [0.25, 0.3) is 0 Å². The third-order valence-corrected chi connectivity index (χ3v) is 7.74. The Hall–Kier alpha value is -3.49. The third kappa shape index (κ3) is 4.00. The molecule has 0 saturated carbocycles. The first-order valence-electron chi connectivity index (χ1n) is 12.0. The van der Waals surface area contributed by atoms with Gasteiger partial charge in [-0.1, -0.05) is 60.7 Å². The molecule has 3 aliphatic heterocycles. The number of hydrogen-bond donors (Lipinski definition) is 3. The molecule has 3 heterocycles. The van der Waals surface area contributed by atoms with Crippen molar-refractivity contribution in [2.75, 3.05) is 32.1 Å². The third-order valence-electron chi connectivity index (χ3n) is 7.08. The summed E-state index contributed by atoms with van der Waals surface area (Å²) in [6, 6.07) is 25.4. The molecule has 3 aromatic rings. The van der Waals surface area contributed by atoms with Crippen molar-refractivity contribution in [1.29, 1.82) is 0 Å². The Morgan fingerprint density at radius 3 is 2.28 bits per heavy atom. The number of carbonyl (C=O) groups excluding carboxylic acids is 1. The van der Waals surface area contributed by atoms with Gasteiger partial charge >= 0.3 is 6.03 Å². The molecule has 0 atom stereocenters. The molecule has 8 heteroatoms. The number of hydrogen-bond acceptors (Lipinski definition) is 5. The van der Waals surface area contributed by atoms with Gasteiger partial charge in [0.2, 0.25) is 0 Å². The van der Waals surface area contributed by atoms with Crippen molar-refractivity contribution in [3.05, 3.63) is 99.7 Å². The van der Waals surface area contributed by atoms with E-state index >= 15 is 0 Å². The van der Waals surface area contributed by atoms with Crippen molar-refractivity contribution in [1.82, 2.24) is 20.7 Å². The van der Waals surface area contributed by atoms with Crippen molar-refractivity contribution in [2.45, 2.75) is 18.5 Å². The molecule has 6 rings (SSSR count). The van der Waals surface area contributed by atoms with Crippen LogP contribution in [0.25, 0.3) is 5.70 Å². The van der Waals surface area contributed by atoms with Crippen LogP contribution >= 0.6 is 15.9 Å². The molecule has 0 radical (unpaired) electrons. The average Bonchev–Trinajstić information content (AvgIpc) is 2.87. The van der Waals surface area contributed by atoms with Gasteiger partial charge in [0.15, 0.2) is 0 Å². The highest BCUT2D eigenvalue weighted by Crippen LogP contribution is 2.43. The minimum atomic E-state index is -0.200. The number of amides is 2. The molecule has 1 fully saturated rings. The van der Waals surface area contributed by atoms with Gasteiger partial charge in [-0.2, -0.15) is 0 Å². The summed E-state index contributed by atoms with van der Waals surface area (Å²) < 4.78 is 6.90. The number of anilines is 1. The number of likely N-dealkylation sites (tertiary alicyclic amines) is 1. The van der Waals surface area contributed by atoms with E-state index in [0.717, 1.165) is 46.0 Å². The van der Waals surface area contributed by atoms with Crippen molar-refractivity contribution >= 4 is 33.3 Å². The second-order valence-corrected chi connectivity index (χ2v) is 10.7. The standard InChI is InChI=1S/C28H28BrN5O2/c1-28(16-34(17-28)25(18-9-5-3-6-10-18)19-11-7-4-8-12-19)30-22-13-20-24(14-21(22)29)36-15-23-26(20)33(2)27(35)32-31-23/h3-14,25,30-31H,15-17H2,1-2H3,(H,32,35). The summed E-state index contributed by atoms with van der Waals surface area (Å²) in [7, 11) is 1.77. The Balaban J connectivity index is 1.26. The molecule has 0 aliphatic carbocycles. The van der Waals surface area contributed by atoms with Gasteiger partial charge < -0.3 is 10.1 Å². The van der Waals surface area contributed by atoms with Gasteiger partial charge in [0, 0.05) is 35.9 Å². The molecule has 3 N–H and O–H groups in total. The monoisotopic (exact) mass is 545 g/mol. The molecule has 1 saturated heterocycles. The Morgan fingerprint density at radius 2 is 1.64 bits per heavy atom. The van der Waals surface area contributed by atoms with Crippen LogP contribution in [0.3, 0.4) is 0 Å². The number of halogens is 1. The van der Waals surface area contributed by atoms with E-state index in [9.17, 15) is 4.79 Å². The molecule has 184 valence electrons. The Kier molecular flexibility index (Phi) is 5.65. The number of carbonyl (C=O) groups is 1. The second kappa shape index (κ2) is 8.87. The van der Waals surface area contributed by atoms with Crippen LogP contribution < -0.4 is 20.9 Å². The highest BCUT2D eigenvalue weighted by Gasteiger charge is 2.43. The normalized spacial score (nSPS) is 18.4. The maximum Gasteiger partial charge on any atom is 0.340 e. The average molecular weight is 546 g/mol. The van der Waals surface area contributed by atoms with Gasteiger partial charge in [-0.3, -0.25) is 20.7 Å². The fourth-order valence-electron chi connectivity index (χ4n) is 5.45. The molecule has 0 unspecified atom stereocenters. The van der Waals surface area contributed by atoms with Crippen LogP contribution in [0, 0.1) is 0 Å². The van der Waals surface area contributed by atoms with Gasteiger partial charge in [-0.25, -0.2) is 4.79 Å². The van der Waals surface area contributed by atoms with E-state index in [4.69, 9.17) is 4.74 Å². The van der Waals surface area contributed by atoms with E-state index < -0.39 is 0 Å². The van der Waals surface area contributed by atoms with Crippen molar-refractivity contribution < 1.29 is 9.53 Å². The van der Waals surface area contributed by atoms with E-state index in [1.54, 1.807) is 11.9 Å². The van der Waals surface area contributed by atoms with Crippen LogP contribution in [-0.2, 0) is 0 Å². The van der Waals surface area contributed by atoms with Crippen LogP contribution in [0.15, 0.2) is 83.0 Å². The van der Waals surface area contributed by atoms with E-state index in [1.807, 2.05) is 6.07 Å². The van der Waals surface area contributed by atoms with E-state index in [2.05, 4.69) is 111 Å². The molecule has 3 aliphatic rings. The van der Waals surface area contributed by atoms with Crippen LogP contribution in [0.2, 0.25) is 0 Å². The van der Waals surface area contributed by atoms with Gasteiger partial charge in [0.1, 0.15) is 12.4 Å². The minimum Gasteiger partial charge on any atom is -0.486 e. The summed E-state index contributed by atoms with van der Waals surface area (Å²) in [5.41, 5.74) is 11.6. The molecule has 0 spiro atoms. The number of benzene rings is 3. The first-order valence-corrected chi connectivity index (χ1v) is 12.8. The number of nitrogens with zero attached hydrogens (tertiary/aromatic N) is 2. The molecule has 7 nitrogen and oxygen atoms in total. The van der Waals surface area contributed by atoms with E-state index in [-0.39, 0.29) is 17.6 Å². The predicted molar refractivity (Wildman–Crippen MR) is 144 cm³/mol. The fraction of sp³-hybridized carbons (Fsp3) is 0.250. The SMILES string of the molecule is CN1C(=O)NNC2=C1c1cc(NC3(C)CN(C(c4ccccc4)c4ccccc4)C3)c(Br)cc1OC2. The summed E-state index contributed by atoms with van der Waals surface area (Å²) in [5, 5.41) is 3.78. The maximum absolute atomic E-state index is 12.3. The Labute approximate surface area is 219 Å². The topological polar surface area (TPSA) is 68.9 Å². The smallest absolute Gasteiger partial charge is 0.340 e. The van der Waals surface area contributed by atoms with Crippen LogP contribution in [0.4, 0.5) is 10.5 Å². The summed E-state index contributed by atoms with van der Waals surface area (Å²) in [6.07, 6.45) is 0. The summed E-state index contributed by atoms with van der Waals surface area (Å²) in [4.78, 5) is 16.4. The first kappa shape index (κ1) is 22.9. The number of ether oxygens (including phenoxy) is 1. The lowest BCUT2D eigenvalue weighted by Crippen LogP contribution is -2.64. The van der Waals surface area contributed by atoms with Gasteiger partial charge in [-0.05, 0) is 46.1 Å². The Morgan fingerprint density at radius 1 is 1.00 bits per heavy atom. The lowest BCUT2D eigenvalue weighted by atomic mass is 9.85. The summed E-state index contributed by atoms with van der Waals surface area (Å²) >= 11 is 3.73. The maximum atomic E-state index is 12.3. The predicted octanol–water partition coefficient (Wildman–Crippen LogP) is 4.95. The highest BCUT2D eigenvalue weighted by atomic mass is 79.9. The molecule has 0 bridgehead atoms. The lowest BCUT2D eigenvalue weighted by molar-refractivity contribution is 0.0672. The Bertz CT molecular complexity index is 1300. The van der Waals surface area contributed by atoms with E-state index in [1.165, 1.54) is 11.1 Å². The minimum absolute atomic E-state index is 0.112. The number of rotatable bonds is 5. The molecule has 3 aromatic carbocycles. The number of nitrogens with one attached hydrogen (secondary N) is 3. The van der Waals surface area contributed by atoms with Gasteiger partial charge in [-0.15, -0.1) is 0 Å². The highest BCUT2D eigenvalue weighted by molar-refractivity contribution is 9.10. The molecular formula is C28H28BrN5O2. The number of hydrazine groups is 1. The molecular weight excluding hydrogens is 518 g/mol. The van der Waals surface area contributed by atoms with Crippen molar-refractivity contribution in [2.24, 2.45) is 0 Å². The fourth-order valence-corrected chi connectivity index (χ4v) is 5.87. The largest absolute Gasteiger partial charge is 0.486 e. The second-order valence-electron chi connectivity index (χ2n) is 9.87. The number of fused-ring (bicyclic) bond motifs is 2. The van der Waals surface area contributed by atoms with E-state index in [0.29, 0.717) is 6.61 Å². The zero-order valence-corrected chi connectivity index (χ0v) is 21.8. The van der Waals surface area contributed by atoms with Crippen LogP contribution in [0.1, 0.15) is 29.7 Å².